The number of nitrogens with one attached hydrogen (secondary N) is 2. The molecule has 1 unspecified atom stereocenters. The Morgan fingerprint density at radius 3 is 2.50 bits per heavy atom. The predicted octanol–water partition coefficient (Wildman–Crippen LogP) is 4.73. The maximum absolute atomic E-state index is 12.4. The molecule has 24 heavy (non-hydrogen) atoms. The number of anilines is 2. The third-order valence-electron chi connectivity index (χ3n) is 3.33. The van der Waals surface area contributed by atoms with Crippen LogP contribution in [-0.2, 0) is 9.59 Å². The highest BCUT2D eigenvalue weighted by atomic mass is 35.5. The Kier molecular flexibility index (Phi) is 6.29. The molecule has 0 bridgehead atoms. The lowest BCUT2D eigenvalue weighted by molar-refractivity contribution is -0.115. The number of halogens is 1. The van der Waals surface area contributed by atoms with Crippen molar-refractivity contribution < 1.29 is 9.59 Å². The summed E-state index contributed by atoms with van der Waals surface area (Å²) in [4.78, 5) is 24.5. The number of carbonyl (C=O) groups is 2. The van der Waals surface area contributed by atoms with E-state index in [-0.39, 0.29) is 17.1 Å². The second kappa shape index (κ2) is 8.22. The van der Waals surface area contributed by atoms with Crippen LogP contribution in [-0.4, -0.2) is 17.1 Å². The van der Waals surface area contributed by atoms with Gasteiger partial charge in [0.15, 0.2) is 0 Å². The van der Waals surface area contributed by atoms with Gasteiger partial charge in [-0.3, -0.25) is 9.59 Å². The summed E-state index contributed by atoms with van der Waals surface area (Å²) in [7, 11) is 0. The standard InChI is InChI=1S/C18H19ClN2O2S/c1-11-8-9-14(10-16(11)20-13(3)22)21-18(23)12(2)24-17-7-5-4-6-15(17)19/h4-10,12H,1-3H3,(H,20,22)(H,21,23). The first-order chi connectivity index (χ1) is 11.4. The van der Waals surface area contributed by atoms with Gasteiger partial charge in [-0.1, -0.05) is 29.8 Å². The van der Waals surface area contributed by atoms with E-state index >= 15 is 0 Å². The van der Waals surface area contributed by atoms with Crippen LogP contribution in [0.4, 0.5) is 11.4 Å². The number of aryl methyl sites for hydroxylation is 1. The van der Waals surface area contributed by atoms with Crippen molar-refractivity contribution in [3.8, 4) is 0 Å². The van der Waals surface area contributed by atoms with Crippen LogP contribution in [0.3, 0.4) is 0 Å². The molecule has 0 saturated heterocycles. The average Bonchev–Trinajstić information content (AvgIpc) is 2.52. The topological polar surface area (TPSA) is 58.2 Å². The molecule has 6 heteroatoms. The molecule has 2 N–H and O–H groups in total. The molecule has 2 aromatic rings. The van der Waals surface area contributed by atoms with Crippen molar-refractivity contribution in [3.05, 3.63) is 53.1 Å². The molecule has 0 radical (unpaired) electrons. The van der Waals surface area contributed by atoms with Crippen LogP contribution >= 0.6 is 23.4 Å². The van der Waals surface area contributed by atoms with Crippen molar-refractivity contribution in [2.45, 2.75) is 30.9 Å². The lowest BCUT2D eigenvalue weighted by Gasteiger charge is -2.14. The second-order valence-corrected chi connectivity index (χ2v) is 7.18. The largest absolute Gasteiger partial charge is 0.326 e. The molecule has 1 atom stereocenters. The number of thioether (sulfide) groups is 1. The van der Waals surface area contributed by atoms with Gasteiger partial charge in [-0.2, -0.15) is 0 Å². The average molecular weight is 363 g/mol. The maximum atomic E-state index is 12.4. The Hall–Kier alpha value is -1.98. The van der Waals surface area contributed by atoms with Crippen molar-refractivity contribution in [1.82, 2.24) is 0 Å². The van der Waals surface area contributed by atoms with Crippen LogP contribution in [0.15, 0.2) is 47.4 Å². The van der Waals surface area contributed by atoms with E-state index in [0.717, 1.165) is 10.5 Å². The summed E-state index contributed by atoms with van der Waals surface area (Å²) >= 11 is 7.53. The predicted molar refractivity (Wildman–Crippen MR) is 101 cm³/mol. The van der Waals surface area contributed by atoms with Crippen molar-refractivity contribution in [3.63, 3.8) is 0 Å². The lowest BCUT2D eigenvalue weighted by Crippen LogP contribution is -2.22. The van der Waals surface area contributed by atoms with Gasteiger partial charge < -0.3 is 10.6 Å². The van der Waals surface area contributed by atoms with Crippen molar-refractivity contribution in [2.24, 2.45) is 0 Å². The highest BCUT2D eigenvalue weighted by Crippen LogP contribution is 2.30. The van der Waals surface area contributed by atoms with E-state index in [9.17, 15) is 9.59 Å². The molecule has 0 aliphatic heterocycles. The number of hydrogen-bond donors (Lipinski definition) is 2. The van der Waals surface area contributed by atoms with E-state index in [1.54, 1.807) is 12.1 Å². The number of benzene rings is 2. The Morgan fingerprint density at radius 2 is 1.83 bits per heavy atom. The molecule has 2 amide bonds. The first-order valence-electron chi connectivity index (χ1n) is 7.47. The summed E-state index contributed by atoms with van der Waals surface area (Å²) in [6, 6.07) is 12.8. The van der Waals surface area contributed by atoms with Crippen LogP contribution in [0.5, 0.6) is 0 Å². The van der Waals surface area contributed by atoms with E-state index < -0.39 is 0 Å². The van der Waals surface area contributed by atoms with E-state index in [0.29, 0.717) is 16.4 Å². The van der Waals surface area contributed by atoms with E-state index in [1.807, 2.05) is 44.2 Å². The van der Waals surface area contributed by atoms with Gasteiger partial charge in [-0.05, 0) is 43.7 Å². The van der Waals surface area contributed by atoms with Crippen molar-refractivity contribution in [2.75, 3.05) is 10.6 Å². The molecule has 0 fully saturated rings. The third-order valence-corrected chi connectivity index (χ3v) is 4.94. The summed E-state index contributed by atoms with van der Waals surface area (Å²) in [6.45, 7) is 5.17. The minimum atomic E-state index is -0.310. The summed E-state index contributed by atoms with van der Waals surface area (Å²) in [6.07, 6.45) is 0. The fraction of sp³-hybridized carbons (Fsp3) is 0.222. The fourth-order valence-electron chi connectivity index (χ4n) is 2.05. The Morgan fingerprint density at radius 1 is 1.12 bits per heavy atom. The first kappa shape index (κ1) is 18.4. The molecule has 2 rings (SSSR count). The van der Waals surface area contributed by atoms with Gasteiger partial charge in [-0.15, -0.1) is 11.8 Å². The molecule has 0 aromatic heterocycles. The Bertz CT molecular complexity index is 764. The van der Waals surface area contributed by atoms with Crippen LogP contribution in [0, 0.1) is 6.92 Å². The number of hydrogen-bond acceptors (Lipinski definition) is 3. The highest BCUT2D eigenvalue weighted by Gasteiger charge is 2.16. The van der Waals surface area contributed by atoms with Gasteiger partial charge in [0.25, 0.3) is 0 Å². The summed E-state index contributed by atoms with van der Waals surface area (Å²) in [5.74, 6) is -0.276. The highest BCUT2D eigenvalue weighted by molar-refractivity contribution is 8.00. The molecule has 0 spiro atoms. The van der Waals surface area contributed by atoms with Gasteiger partial charge in [0.1, 0.15) is 0 Å². The molecule has 0 saturated carbocycles. The van der Waals surface area contributed by atoms with Crippen LogP contribution < -0.4 is 10.6 Å². The molecule has 0 heterocycles. The Balaban J connectivity index is 2.06. The summed E-state index contributed by atoms with van der Waals surface area (Å²) in [5.41, 5.74) is 2.26. The molecule has 2 aromatic carbocycles. The summed E-state index contributed by atoms with van der Waals surface area (Å²) < 4.78 is 0. The molecule has 0 aliphatic rings. The van der Waals surface area contributed by atoms with Crippen molar-refractivity contribution in [1.29, 1.82) is 0 Å². The van der Waals surface area contributed by atoms with Gasteiger partial charge in [0.2, 0.25) is 11.8 Å². The molecule has 0 aliphatic carbocycles. The minimum Gasteiger partial charge on any atom is -0.326 e. The SMILES string of the molecule is CC(=O)Nc1cc(NC(=O)C(C)Sc2ccccc2Cl)ccc1C. The molecular weight excluding hydrogens is 344 g/mol. The van der Waals surface area contributed by atoms with E-state index in [2.05, 4.69) is 10.6 Å². The van der Waals surface area contributed by atoms with Crippen LogP contribution in [0.25, 0.3) is 0 Å². The zero-order valence-corrected chi connectivity index (χ0v) is 15.3. The lowest BCUT2D eigenvalue weighted by atomic mass is 10.1. The normalized spacial score (nSPS) is 11.7. The zero-order chi connectivity index (χ0) is 17.7. The van der Waals surface area contributed by atoms with Gasteiger partial charge in [0, 0.05) is 23.2 Å². The maximum Gasteiger partial charge on any atom is 0.237 e. The minimum absolute atomic E-state index is 0.127. The first-order valence-corrected chi connectivity index (χ1v) is 8.73. The van der Waals surface area contributed by atoms with E-state index in [4.69, 9.17) is 11.6 Å². The number of carbonyl (C=O) groups excluding carboxylic acids is 2. The molecule has 126 valence electrons. The smallest absolute Gasteiger partial charge is 0.237 e. The zero-order valence-electron chi connectivity index (χ0n) is 13.7. The third kappa shape index (κ3) is 5.01. The molecular formula is C18H19ClN2O2S. The monoisotopic (exact) mass is 362 g/mol. The molecule has 4 nitrogen and oxygen atoms in total. The van der Waals surface area contributed by atoms with Gasteiger partial charge in [0.05, 0.1) is 10.3 Å². The number of rotatable bonds is 5. The Labute approximate surface area is 151 Å². The quantitative estimate of drug-likeness (QED) is 0.756. The summed E-state index contributed by atoms with van der Waals surface area (Å²) in [5, 5.41) is 5.94. The van der Waals surface area contributed by atoms with Crippen LogP contribution in [0.2, 0.25) is 5.02 Å². The van der Waals surface area contributed by atoms with Crippen LogP contribution in [0.1, 0.15) is 19.4 Å². The van der Waals surface area contributed by atoms with Gasteiger partial charge in [-0.25, -0.2) is 0 Å². The number of amides is 2. The van der Waals surface area contributed by atoms with Crippen molar-refractivity contribution >= 4 is 46.6 Å². The van der Waals surface area contributed by atoms with Gasteiger partial charge >= 0.3 is 0 Å². The second-order valence-electron chi connectivity index (χ2n) is 5.39. The fourth-order valence-corrected chi connectivity index (χ4v) is 3.21. The van der Waals surface area contributed by atoms with E-state index in [1.165, 1.54) is 18.7 Å².